The van der Waals surface area contributed by atoms with E-state index in [0.29, 0.717) is 23.4 Å². The van der Waals surface area contributed by atoms with Crippen LogP contribution in [0.15, 0.2) is 24.3 Å². The van der Waals surface area contributed by atoms with Crippen LogP contribution >= 0.6 is 11.6 Å². The van der Waals surface area contributed by atoms with E-state index in [2.05, 4.69) is 5.32 Å². The number of carbonyl (C=O) groups is 2. The molecule has 0 aromatic heterocycles. The third-order valence-electron chi connectivity index (χ3n) is 3.72. The van der Waals surface area contributed by atoms with Gasteiger partial charge < -0.3 is 15.2 Å². The SMILES string of the molecule is CC(C)(C)OC(=O)NC1CC(C(=O)O)(c2ccc(Cl)cc2)C1. The van der Waals surface area contributed by atoms with E-state index in [-0.39, 0.29) is 6.04 Å². The molecule has 1 aromatic rings. The molecule has 0 aliphatic heterocycles. The average molecular weight is 326 g/mol. The molecule has 0 atom stereocenters. The highest BCUT2D eigenvalue weighted by atomic mass is 35.5. The summed E-state index contributed by atoms with van der Waals surface area (Å²) in [5.41, 5.74) is -0.843. The lowest BCUT2D eigenvalue weighted by Crippen LogP contribution is -2.57. The van der Waals surface area contributed by atoms with Gasteiger partial charge in [-0.05, 0) is 51.3 Å². The lowest BCUT2D eigenvalue weighted by molar-refractivity contribution is -0.148. The maximum atomic E-state index is 11.7. The molecular weight excluding hydrogens is 306 g/mol. The van der Waals surface area contributed by atoms with Crippen molar-refractivity contribution in [1.29, 1.82) is 0 Å². The summed E-state index contributed by atoms with van der Waals surface area (Å²) in [4.78, 5) is 23.4. The minimum atomic E-state index is -0.968. The minimum Gasteiger partial charge on any atom is -0.481 e. The molecule has 1 saturated carbocycles. The number of halogens is 1. The van der Waals surface area contributed by atoms with Gasteiger partial charge in [-0.15, -0.1) is 0 Å². The van der Waals surface area contributed by atoms with Gasteiger partial charge in [0.25, 0.3) is 0 Å². The molecule has 2 rings (SSSR count). The number of ether oxygens (including phenoxy) is 1. The van der Waals surface area contributed by atoms with Gasteiger partial charge in [0.05, 0.1) is 5.41 Å². The first-order valence-corrected chi connectivity index (χ1v) is 7.49. The van der Waals surface area contributed by atoms with Crippen LogP contribution in [0.5, 0.6) is 0 Å². The quantitative estimate of drug-likeness (QED) is 0.893. The van der Waals surface area contributed by atoms with Crippen molar-refractivity contribution in [3.8, 4) is 0 Å². The van der Waals surface area contributed by atoms with Crippen molar-refractivity contribution in [2.45, 2.75) is 50.7 Å². The van der Waals surface area contributed by atoms with E-state index in [1.165, 1.54) is 0 Å². The maximum Gasteiger partial charge on any atom is 0.407 e. The molecule has 0 heterocycles. The van der Waals surface area contributed by atoms with Gasteiger partial charge in [0.1, 0.15) is 5.60 Å². The molecule has 2 N–H and O–H groups in total. The van der Waals surface area contributed by atoms with Crippen LogP contribution in [0.4, 0.5) is 4.79 Å². The lowest BCUT2D eigenvalue weighted by Gasteiger charge is -2.45. The average Bonchev–Trinajstić information content (AvgIpc) is 2.31. The highest BCUT2D eigenvalue weighted by Gasteiger charge is 2.52. The van der Waals surface area contributed by atoms with Gasteiger partial charge >= 0.3 is 12.1 Å². The molecule has 22 heavy (non-hydrogen) atoms. The second-order valence-electron chi connectivity index (χ2n) is 6.65. The Morgan fingerprint density at radius 2 is 1.82 bits per heavy atom. The normalized spacial score (nSPS) is 24.3. The number of nitrogens with one attached hydrogen (secondary N) is 1. The predicted molar refractivity (Wildman–Crippen MR) is 83.2 cm³/mol. The zero-order valence-corrected chi connectivity index (χ0v) is 13.6. The van der Waals surface area contributed by atoms with Crippen molar-refractivity contribution in [1.82, 2.24) is 5.32 Å². The zero-order valence-electron chi connectivity index (χ0n) is 12.9. The van der Waals surface area contributed by atoms with E-state index in [9.17, 15) is 14.7 Å². The molecule has 1 fully saturated rings. The summed E-state index contributed by atoms with van der Waals surface area (Å²) in [6.45, 7) is 5.34. The van der Waals surface area contributed by atoms with Crippen LogP contribution in [0.25, 0.3) is 0 Å². The summed E-state index contributed by atoms with van der Waals surface area (Å²) in [6.07, 6.45) is 0.152. The fourth-order valence-electron chi connectivity index (χ4n) is 2.66. The lowest BCUT2D eigenvalue weighted by atomic mass is 9.61. The first-order valence-electron chi connectivity index (χ1n) is 7.11. The number of carboxylic acids is 1. The van der Waals surface area contributed by atoms with Crippen molar-refractivity contribution in [2.24, 2.45) is 0 Å². The van der Waals surface area contributed by atoms with E-state index in [0.717, 1.165) is 0 Å². The Balaban J connectivity index is 2.02. The van der Waals surface area contributed by atoms with Crippen molar-refractivity contribution < 1.29 is 19.4 Å². The third kappa shape index (κ3) is 3.53. The number of rotatable bonds is 3. The summed E-state index contributed by atoms with van der Waals surface area (Å²) in [6, 6.07) is 6.59. The molecule has 1 aliphatic carbocycles. The number of alkyl carbamates (subject to hydrolysis) is 1. The molecule has 0 bridgehead atoms. The molecule has 1 aliphatic rings. The topological polar surface area (TPSA) is 75.6 Å². The Bertz CT molecular complexity index is 571. The Labute approximate surface area is 134 Å². The summed E-state index contributed by atoms with van der Waals surface area (Å²) in [7, 11) is 0. The second kappa shape index (κ2) is 5.80. The number of carboxylic acid groups (broad SMARTS) is 1. The Morgan fingerprint density at radius 1 is 1.27 bits per heavy atom. The maximum absolute atomic E-state index is 11.7. The highest BCUT2D eigenvalue weighted by molar-refractivity contribution is 6.30. The molecule has 120 valence electrons. The van der Waals surface area contributed by atoms with Gasteiger partial charge in [-0.3, -0.25) is 4.79 Å². The monoisotopic (exact) mass is 325 g/mol. The number of carbonyl (C=O) groups excluding carboxylic acids is 1. The van der Waals surface area contributed by atoms with Crippen LogP contribution in [0.1, 0.15) is 39.2 Å². The summed E-state index contributed by atoms with van der Waals surface area (Å²) in [5, 5.41) is 12.8. The minimum absolute atomic E-state index is 0.207. The van der Waals surface area contributed by atoms with Crippen LogP contribution in [0.3, 0.4) is 0 Å². The Hall–Kier alpha value is -1.75. The third-order valence-corrected chi connectivity index (χ3v) is 3.97. The smallest absolute Gasteiger partial charge is 0.407 e. The molecule has 0 spiro atoms. The number of aliphatic carboxylic acids is 1. The number of hydrogen-bond acceptors (Lipinski definition) is 3. The largest absolute Gasteiger partial charge is 0.481 e. The summed E-state index contributed by atoms with van der Waals surface area (Å²) < 4.78 is 5.18. The summed E-state index contributed by atoms with van der Waals surface area (Å²) in [5.74, 6) is -0.892. The number of benzene rings is 1. The molecule has 5 nitrogen and oxygen atoms in total. The number of amides is 1. The van der Waals surface area contributed by atoms with Crippen LogP contribution < -0.4 is 5.32 Å². The van der Waals surface area contributed by atoms with E-state index in [1.54, 1.807) is 45.0 Å². The summed E-state index contributed by atoms with van der Waals surface area (Å²) >= 11 is 5.84. The van der Waals surface area contributed by atoms with Gasteiger partial charge in [0, 0.05) is 11.1 Å². The fraction of sp³-hybridized carbons (Fsp3) is 0.500. The van der Waals surface area contributed by atoms with Crippen molar-refractivity contribution in [3.05, 3.63) is 34.9 Å². The number of hydrogen-bond donors (Lipinski definition) is 2. The van der Waals surface area contributed by atoms with Gasteiger partial charge in [-0.2, -0.15) is 0 Å². The van der Waals surface area contributed by atoms with Crippen molar-refractivity contribution in [2.75, 3.05) is 0 Å². The second-order valence-corrected chi connectivity index (χ2v) is 7.08. The van der Waals surface area contributed by atoms with Gasteiger partial charge in [-0.25, -0.2) is 4.79 Å². The van der Waals surface area contributed by atoms with E-state index >= 15 is 0 Å². The molecule has 0 saturated heterocycles. The van der Waals surface area contributed by atoms with Crippen LogP contribution in [-0.4, -0.2) is 28.8 Å². The van der Waals surface area contributed by atoms with Crippen LogP contribution in [-0.2, 0) is 14.9 Å². The molecule has 6 heteroatoms. The molecule has 1 aromatic carbocycles. The standard InChI is InChI=1S/C16H20ClNO4/c1-15(2,3)22-14(21)18-12-8-16(9-12,13(19)20)10-4-6-11(17)7-5-10/h4-7,12H,8-9H2,1-3H3,(H,18,21)(H,19,20). The van der Waals surface area contributed by atoms with Crippen molar-refractivity contribution >= 4 is 23.7 Å². The Morgan fingerprint density at radius 3 is 2.27 bits per heavy atom. The zero-order chi connectivity index (χ0) is 16.5. The van der Waals surface area contributed by atoms with Gasteiger partial charge in [0.15, 0.2) is 0 Å². The first kappa shape index (κ1) is 16.6. The van der Waals surface area contributed by atoms with Crippen LogP contribution in [0, 0.1) is 0 Å². The highest BCUT2D eigenvalue weighted by Crippen LogP contribution is 2.44. The fourth-order valence-corrected chi connectivity index (χ4v) is 2.79. The Kier molecular flexibility index (Phi) is 4.38. The molecule has 1 amide bonds. The molecular formula is C16H20ClNO4. The van der Waals surface area contributed by atoms with E-state index in [1.807, 2.05) is 0 Å². The van der Waals surface area contributed by atoms with Crippen molar-refractivity contribution in [3.63, 3.8) is 0 Å². The van der Waals surface area contributed by atoms with E-state index in [4.69, 9.17) is 16.3 Å². The van der Waals surface area contributed by atoms with Crippen LogP contribution in [0.2, 0.25) is 5.02 Å². The van der Waals surface area contributed by atoms with Gasteiger partial charge in [0.2, 0.25) is 0 Å². The first-order chi connectivity index (χ1) is 10.1. The van der Waals surface area contributed by atoms with E-state index < -0.39 is 23.1 Å². The predicted octanol–water partition coefficient (Wildman–Crippen LogP) is 3.35. The molecule has 0 radical (unpaired) electrons. The van der Waals surface area contributed by atoms with Gasteiger partial charge in [-0.1, -0.05) is 23.7 Å². The molecule has 0 unspecified atom stereocenters.